The molecule has 1 amide bonds. The van der Waals surface area contributed by atoms with Crippen LogP contribution in [-0.2, 0) is 22.1 Å². The van der Waals surface area contributed by atoms with Crippen LogP contribution in [0.5, 0.6) is 0 Å². The Morgan fingerprint density at radius 3 is 2.96 bits per heavy atom. The maximum Gasteiger partial charge on any atom is 0.416 e. The van der Waals surface area contributed by atoms with Crippen molar-refractivity contribution < 1.29 is 22.7 Å². The second kappa shape index (κ2) is 7.54. The first-order valence-electron chi connectivity index (χ1n) is 9.37. The van der Waals surface area contributed by atoms with Gasteiger partial charge >= 0.3 is 6.18 Å². The van der Waals surface area contributed by atoms with Gasteiger partial charge in [-0.25, -0.2) is 0 Å². The summed E-state index contributed by atoms with van der Waals surface area (Å²) in [6.07, 6.45) is -2.03. The van der Waals surface area contributed by atoms with Crippen LogP contribution in [-0.4, -0.2) is 49.3 Å². The molecule has 0 aliphatic carbocycles. The van der Waals surface area contributed by atoms with Crippen LogP contribution in [0.3, 0.4) is 0 Å². The second-order valence-electron chi connectivity index (χ2n) is 7.37. The van der Waals surface area contributed by atoms with Crippen LogP contribution >= 0.6 is 11.8 Å². The van der Waals surface area contributed by atoms with Gasteiger partial charge in [0.05, 0.1) is 17.6 Å². The summed E-state index contributed by atoms with van der Waals surface area (Å²) in [5.74, 6) is 1.32. The number of thioether (sulfide) groups is 1. The molecule has 1 aromatic carbocycles. The fourth-order valence-electron chi connectivity index (χ4n) is 4.25. The Bertz CT molecular complexity index is 707. The van der Waals surface area contributed by atoms with Crippen molar-refractivity contribution in [2.24, 2.45) is 5.92 Å². The Hall–Kier alpha value is -1.41. The van der Waals surface area contributed by atoms with Crippen molar-refractivity contribution in [1.29, 1.82) is 0 Å². The first-order chi connectivity index (χ1) is 12.9. The molecule has 27 heavy (non-hydrogen) atoms. The maximum atomic E-state index is 13.1. The highest BCUT2D eigenvalue weighted by Crippen LogP contribution is 2.40. The van der Waals surface area contributed by atoms with Gasteiger partial charge in [-0.2, -0.15) is 24.9 Å². The summed E-state index contributed by atoms with van der Waals surface area (Å²) < 4.78 is 44.9. The lowest BCUT2D eigenvalue weighted by Crippen LogP contribution is -2.55. The molecule has 0 saturated carbocycles. The third kappa shape index (κ3) is 3.92. The van der Waals surface area contributed by atoms with Gasteiger partial charge in [0.2, 0.25) is 5.91 Å². The molecule has 0 bridgehead atoms. The highest BCUT2D eigenvalue weighted by Gasteiger charge is 2.41. The molecule has 3 atom stereocenters. The van der Waals surface area contributed by atoms with Crippen molar-refractivity contribution in [3.63, 3.8) is 0 Å². The number of nitrogens with zero attached hydrogens (tertiary/aromatic N) is 1. The van der Waals surface area contributed by atoms with Crippen molar-refractivity contribution >= 4 is 23.4 Å². The summed E-state index contributed by atoms with van der Waals surface area (Å²) in [6, 6.07) is 3.96. The number of nitrogens with one attached hydrogen (secondary N) is 1. The third-order valence-corrected chi connectivity index (χ3v) is 6.70. The molecule has 8 heteroatoms. The van der Waals surface area contributed by atoms with E-state index in [0.717, 1.165) is 49.3 Å². The average Bonchev–Trinajstić information content (AvgIpc) is 3.18. The fourth-order valence-corrected chi connectivity index (χ4v) is 5.40. The number of halogens is 3. The van der Waals surface area contributed by atoms with Crippen LogP contribution in [0.4, 0.5) is 18.9 Å². The normalized spacial score (nSPS) is 27.8. The number of hydrogen-bond acceptors (Lipinski definition) is 4. The SMILES string of the molecule is O=C(NC[C@@H]1CCCO1)[C@H]1Cc2cc(C(F)(F)F)ccc2N2CCSC[C@H]12. The van der Waals surface area contributed by atoms with Crippen LogP contribution in [0.15, 0.2) is 18.2 Å². The molecule has 4 nitrogen and oxygen atoms in total. The van der Waals surface area contributed by atoms with Crippen LogP contribution in [0.1, 0.15) is 24.0 Å². The molecule has 0 aromatic heterocycles. The number of amides is 1. The van der Waals surface area contributed by atoms with E-state index >= 15 is 0 Å². The number of hydrogen-bond donors (Lipinski definition) is 1. The number of anilines is 1. The molecule has 3 heterocycles. The Balaban J connectivity index is 1.56. The number of carbonyl (C=O) groups is 1. The van der Waals surface area contributed by atoms with Crippen molar-refractivity contribution in [2.75, 3.05) is 36.1 Å². The Kier molecular flexibility index (Phi) is 5.29. The average molecular weight is 400 g/mol. The summed E-state index contributed by atoms with van der Waals surface area (Å²) >= 11 is 1.80. The molecule has 1 aromatic rings. The quantitative estimate of drug-likeness (QED) is 0.847. The summed E-state index contributed by atoms with van der Waals surface area (Å²) in [6.45, 7) is 1.96. The molecule has 3 aliphatic heterocycles. The number of rotatable bonds is 3. The standard InChI is InChI=1S/C19H23F3N2O2S/c20-19(21,22)13-3-4-16-12(8-13)9-15(17-11-27-7-5-24(16)17)18(25)23-10-14-2-1-6-26-14/h3-4,8,14-15,17H,1-2,5-7,9-11H2,(H,23,25)/t14-,15-,17+/m0/s1. The van der Waals surface area contributed by atoms with Crippen LogP contribution in [0, 0.1) is 5.92 Å². The van der Waals surface area contributed by atoms with Gasteiger partial charge in [-0.15, -0.1) is 0 Å². The minimum atomic E-state index is -4.37. The zero-order valence-corrected chi connectivity index (χ0v) is 15.7. The number of carbonyl (C=O) groups excluding carboxylic acids is 1. The van der Waals surface area contributed by atoms with E-state index in [-0.39, 0.29) is 24.0 Å². The topological polar surface area (TPSA) is 41.6 Å². The van der Waals surface area contributed by atoms with Crippen LogP contribution < -0.4 is 10.2 Å². The van der Waals surface area contributed by atoms with E-state index in [0.29, 0.717) is 18.5 Å². The fraction of sp³-hybridized carbons (Fsp3) is 0.632. The number of fused-ring (bicyclic) bond motifs is 3. The van der Waals surface area contributed by atoms with Crippen LogP contribution in [0.2, 0.25) is 0 Å². The smallest absolute Gasteiger partial charge is 0.376 e. The van der Waals surface area contributed by atoms with Gasteiger partial charge in [-0.1, -0.05) is 0 Å². The number of benzene rings is 1. The molecule has 3 aliphatic rings. The van der Waals surface area contributed by atoms with Crippen molar-refractivity contribution in [3.05, 3.63) is 29.3 Å². The van der Waals surface area contributed by atoms with E-state index < -0.39 is 11.7 Å². The van der Waals surface area contributed by atoms with E-state index in [2.05, 4.69) is 10.2 Å². The predicted molar refractivity (Wildman–Crippen MR) is 99.1 cm³/mol. The predicted octanol–water partition coefficient (Wildman–Crippen LogP) is 3.09. The van der Waals surface area contributed by atoms with Gasteiger partial charge in [-0.05, 0) is 43.0 Å². The lowest BCUT2D eigenvalue weighted by atomic mass is 9.84. The summed E-state index contributed by atoms with van der Waals surface area (Å²) in [5, 5.41) is 2.98. The summed E-state index contributed by atoms with van der Waals surface area (Å²) in [4.78, 5) is 15.0. The van der Waals surface area contributed by atoms with Gasteiger partial charge in [0, 0.05) is 42.9 Å². The monoisotopic (exact) mass is 400 g/mol. The molecule has 1 N–H and O–H groups in total. The minimum Gasteiger partial charge on any atom is -0.376 e. The zero-order chi connectivity index (χ0) is 19.0. The molecule has 148 valence electrons. The molecule has 0 spiro atoms. The number of alkyl halides is 3. The first-order valence-corrected chi connectivity index (χ1v) is 10.5. The lowest BCUT2D eigenvalue weighted by molar-refractivity contribution is -0.137. The Labute approximate surface area is 160 Å². The van der Waals surface area contributed by atoms with Gasteiger partial charge in [0.25, 0.3) is 0 Å². The van der Waals surface area contributed by atoms with Crippen molar-refractivity contribution in [1.82, 2.24) is 5.32 Å². The lowest BCUT2D eigenvalue weighted by Gasteiger charge is -2.45. The van der Waals surface area contributed by atoms with E-state index in [1.807, 2.05) is 0 Å². The zero-order valence-electron chi connectivity index (χ0n) is 14.9. The van der Waals surface area contributed by atoms with E-state index in [9.17, 15) is 18.0 Å². The van der Waals surface area contributed by atoms with E-state index in [1.165, 1.54) is 6.07 Å². The molecular weight excluding hydrogens is 377 g/mol. The van der Waals surface area contributed by atoms with Gasteiger partial charge in [0.1, 0.15) is 0 Å². The van der Waals surface area contributed by atoms with E-state index in [4.69, 9.17) is 4.74 Å². The molecule has 2 fully saturated rings. The highest BCUT2D eigenvalue weighted by atomic mass is 32.2. The van der Waals surface area contributed by atoms with Crippen molar-refractivity contribution in [2.45, 2.75) is 37.6 Å². The largest absolute Gasteiger partial charge is 0.416 e. The van der Waals surface area contributed by atoms with Gasteiger partial charge in [0.15, 0.2) is 0 Å². The van der Waals surface area contributed by atoms with Crippen molar-refractivity contribution in [3.8, 4) is 0 Å². The minimum absolute atomic E-state index is 0.0254. The first kappa shape index (κ1) is 18.9. The van der Waals surface area contributed by atoms with E-state index in [1.54, 1.807) is 17.8 Å². The molecule has 4 rings (SSSR count). The van der Waals surface area contributed by atoms with Gasteiger partial charge < -0.3 is 15.0 Å². The summed E-state index contributed by atoms with van der Waals surface area (Å²) in [7, 11) is 0. The highest BCUT2D eigenvalue weighted by molar-refractivity contribution is 7.99. The number of ether oxygens (including phenoxy) is 1. The molecule has 2 saturated heterocycles. The maximum absolute atomic E-state index is 13.1. The molecule has 0 radical (unpaired) electrons. The molecular formula is C19H23F3N2O2S. The Morgan fingerprint density at radius 1 is 1.37 bits per heavy atom. The second-order valence-corrected chi connectivity index (χ2v) is 8.52. The summed E-state index contributed by atoms with van der Waals surface area (Å²) in [5.41, 5.74) is 0.811. The molecule has 0 unspecified atom stereocenters. The Morgan fingerprint density at radius 2 is 2.22 bits per heavy atom. The van der Waals surface area contributed by atoms with Gasteiger partial charge in [-0.3, -0.25) is 4.79 Å². The van der Waals surface area contributed by atoms with Crippen LogP contribution in [0.25, 0.3) is 0 Å². The third-order valence-electron chi connectivity index (χ3n) is 5.65.